The first-order chi connectivity index (χ1) is 6.43. The first-order valence-electron chi connectivity index (χ1n) is 4.33. The molecule has 1 rings (SSSR count). The van der Waals surface area contributed by atoms with Gasteiger partial charge in [0.05, 0.1) is 6.54 Å². The molecule has 0 saturated carbocycles. The predicted molar refractivity (Wildman–Crippen MR) is 51.8 cm³/mol. The highest BCUT2D eigenvalue weighted by atomic mass is 14.9. The molecule has 0 fully saturated rings. The van der Waals surface area contributed by atoms with E-state index in [-0.39, 0.29) is 0 Å². The van der Waals surface area contributed by atoms with Crippen LogP contribution in [-0.2, 0) is 6.54 Å². The maximum absolute atomic E-state index is 5.12. The van der Waals surface area contributed by atoms with Crippen molar-refractivity contribution in [1.82, 2.24) is 15.3 Å². The third-order valence-corrected chi connectivity index (χ3v) is 1.58. The van der Waals surface area contributed by atoms with Crippen LogP contribution in [0.25, 0.3) is 0 Å². The molecule has 1 heterocycles. The molecule has 0 atom stereocenters. The first kappa shape index (κ1) is 9.69. The number of rotatable bonds is 5. The quantitative estimate of drug-likeness (QED) is 0.535. The van der Waals surface area contributed by atoms with Crippen molar-refractivity contribution < 1.29 is 0 Å². The summed E-state index contributed by atoms with van der Waals surface area (Å²) in [6.07, 6.45) is 10.4. The van der Waals surface area contributed by atoms with Gasteiger partial charge in [0.25, 0.3) is 0 Å². The van der Waals surface area contributed by atoms with Crippen LogP contribution in [0.15, 0.2) is 18.5 Å². The zero-order valence-electron chi connectivity index (χ0n) is 7.53. The summed E-state index contributed by atoms with van der Waals surface area (Å²) in [5.41, 5.74) is 0. The molecule has 0 aliphatic rings. The fourth-order valence-electron chi connectivity index (χ4n) is 0.937. The van der Waals surface area contributed by atoms with Crippen LogP contribution in [0.5, 0.6) is 0 Å². The van der Waals surface area contributed by atoms with Gasteiger partial charge >= 0.3 is 0 Å². The van der Waals surface area contributed by atoms with E-state index in [1.54, 1.807) is 12.4 Å². The second-order valence-electron chi connectivity index (χ2n) is 2.65. The Labute approximate surface area is 78.6 Å². The summed E-state index contributed by atoms with van der Waals surface area (Å²) in [6, 6.07) is 1.81. The molecule has 68 valence electrons. The lowest BCUT2D eigenvalue weighted by molar-refractivity contribution is 0.637. The van der Waals surface area contributed by atoms with Crippen molar-refractivity contribution in [1.29, 1.82) is 0 Å². The molecule has 0 saturated heterocycles. The van der Waals surface area contributed by atoms with E-state index >= 15 is 0 Å². The fourth-order valence-corrected chi connectivity index (χ4v) is 0.937. The van der Waals surface area contributed by atoms with Gasteiger partial charge in [-0.2, -0.15) is 0 Å². The molecule has 0 unspecified atom stereocenters. The van der Waals surface area contributed by atoms with E-state index in [0.29, 0.717) is 6.54 Å². The van der Waals surface area contributed by atoms with Gasteiger partial charge in [0.2, 0.25) is 0 Å². The number of aromatic nitrogens is 2. The summed E-state index contributed by atoms with van der Waals surface area (Å²) >= 11 is 0. The molecule has 0 spiro atoms. The molecule has 0 aromatic carbocycles. The lowest BCUT2D eigenvalue weighted by Gasteiger charge is -2.00. The molecule has 0 amide bonds. The fraction of sp³-hybridized carbons (Fsp3) is 0.400. The van der Waals surface area contributed by atoms with Crippen LogP contribution in [-0.4, -0.2) is 16.5 Å². The average molecular weight is 175 g/mol. The number of hydrogen-bond donors (Lipinski definition) is 1. The smallest absolute Gasteiger partial charge is 0.141 e. The summed E-state index contributed by atoms with van der Waals surface area (Å²) in [7, 11) is 0. The standard InChI is InChI=1S/C10H13N3/c1-2-3-4-6-11-9-10-12-7-5-8-13-10/h1,5,7-8,11H,3-4,6,9H2. The van der Waals surface area contributed by atoms with Gasteiger partial charge in [0, 0.05) is 18.8 Å². The van der Waals surface area contributed by atoms with Crippen LogP contribution >= 0.6 is 0 Å². The van der Waals surface area contributed by atoms with Crippen molar-refractivity contribution >= 4 is 0 Å². The van der Waals surface area contributed by atoms with Crippen LogP contribution in [0, 0.1) is 12.3 Å². The van der Waals surface area contributed by atoms with Crippen molar-refractivity contribution in [2.45, 2.75) is 19.4 Å². The molecule has 0 bridgehead atoms. The minimum absolute atomic E-state index is 0.714. The SMILES string of the molecule is C#CCCCNCc1ncccn1. The second kappa shape index (κ2) is 6.15. The number of nitrogens with zero attached hydrogens (tertiary/aromatic N) is 2. The molecule has 1 N–H and O–H groups in total. The van der Waals surface area contributed by atoms with E-state index in [1.807, 2.05) is 6.07 Å². The summed E-state index contributed by atoms with van der Waals surface area (Å²) in [6.45, 7) is 1.63. The van der Waals surface area contributed by atoms with E-state index in [2.05, 4.69) is 21.2 Å². The highest BCUT2D eigenvalue weighted by Crippen LogP contribution is 1.87. The van der Waals surface area contributed by atoms with Gasteiger partial charge in [0.1, 0.15) is 5.82 Å². The van der Waals surface area contributed by atoms with E-state index < -0.39 is 0 Å². The molecule has 0 aliphatic carbocycles. The maximum atomic E-state index is 5.12. The highest BCUT2D eigenvalue weighted by molar-refractivity contribution is 4.88. The number of unbranched alkanes of at least 4 members (excludes halogenated alkanes) is 1. The normalized spacial score (nSPS) is 9.46. The molecule has 3 heteroatoms. The Morgan fingerprint density at radius 1 is 1.38 bits per heavy atom. The Morgan fingerprint density at radius 2 is 2.15 bits per heavy atom. The molecule has 3 nitrogen and oxygen atoms in total. The molecule has 1 aromatic rings. The van der Waals surface area contributed by atoms with E-state index in [4.69, 9.17) is 6.42 Å². The average Bonchev–Trinajstić information content (AvgIpc) is 2.19. The minimum Gasteiger partial charge on any atom is -0.310 e. The van der Waals surface area contributed by atoms with Gasteiger partial charge in [-0.1, -0.05) is 0 Å². The zero-order valence-corrected chi connectivity index (χ0v) is 7.53. The zero-order chi connectivity index (χ0) is 9.36. The van der Waals surface area contributed by atoms with E-state index in [0.717, 1.165) is 25.2 Å². The molecule has 13 heavy (non-hydrogen) atoms. The van der Waals surface area contributed by atoms with Gasteiger partial charge in [-0.15, -0.1) is 12.3 Å². The molecule has 0 radical (unpaired) electrons. The number of hydrogen-bond acceptors (Lipinski definition) is 3. The largest absolute Gasteiger partial charge is 0.310 e. The lowest BCUT2D eigenvalue weighted by atomic mass is 10.3. The van der Waals surface area contributed by atoms with Gasteiger partial charge in [-0.05, 0) is 19.0 Å². The van der Waals surface area contributed by atoms with Crippen molar-refractivity contribution in [2.24, 2.45) is 0 Å². The topological polar surface area (TPSA) is 37.8 Å². The third kappa shape index (κ3) is 4.24. The summed E-state index contributed by atoms with van der Waals surface area (Å²) < 4.78 is 0. The Balaban J connectivity index is 2.11. The molecular formula is C10H13N3. The van der Waals surface area contributed by atoms with Crippen LogP contribution in [0.1, 0.15) is 18.7 Å². The van der Waals surface area contributed by atoms with Gasteiger partial charge in [-0.3, -0.25) is 0 Å². The minimum atomic E-state index is 0.714. The number of nitrogens with one attached hydrogen (secondary N) is 1. The Kier molecular flexibility index (Phi) is 4.58. The molecule has 0 aliphatic heterocycles. The summed E-state index contributed by atoms with van der Waals surface area (Å²) in [4.78, 5) is 8.17. The van der Waals surface area contributed by atoms with Crippen molar-refractivity contribution in [3.05, 3.63) is 24.3 Å². The monoisotopic (exact) mass is 175 g/mol. The predicted octanol–water partition coefficient (Wildman–Crippen LogP) is 0.980. The van der Waals surface area contributed by atoms with Crippen LogP contribution in [0.2, 0.25) is 0 Å². The van der Waals surface area contributed by atoms with Crippen molar-refractivity contribution in [2.75, 3.05) is 6.54 Å². The summed E-state index contributed by atoms with van der Waals surface area (Å²) in [5, 5.41) is 3.22. The third-order valence-electron chi connectivity index (χ3n) is 1.58. The van der Waals surface area contributed by atoms with Gasteiger partial charge in [0.15, 0.2) is 0 Å². The van der Waals surface area contributed by atoms with Gasteiger partial charge in [-0.25, -0.2) is 9.97 Å². The Morgan fingerprint density at radius 3 is 2.85 bits per heavy atom. The second-order valence-corrected chi connectivity index (χ2v) is 2.65. The van der Waals surface area contributed by atoms with E-state index in [9.17, 15) is 0 Å². The lowest BCUT2D eigenvalue weighted by Crippen LogP contribution is -2.16. The molecular weight excluding hydrogens is 162 g/mol. The molecule has 1 aromatic heterocycles. The van der Waals surface area contributed by atoms with Crippen LogP contribution in [0.3, 0.4) is 0 Å². The van der Waals surface area contributed by atoms with Gasteiger partial charge < -0.3 is 5.32 Å². The maximum Gasteiger partial charge on any atom is 0.141 e. The number of terminal acetylenes is 1. The van der Waals surface area contributed by atoms with Crippen LogP contribution < -0.4 is 5.32 Å². The van der Waals surface area contributed by atoms with Crippen molar-refractivity contribution in [3.8, 4) is 12.3 Å². The Hall–Kier alpha value is -1.40. The highest BCUT2D eigenvalue weighted by Gasteiger charge is 1.92. The van der Waals surface area contributed by atoms with E-state index in [1.165, 1.54) is 0 Å². The Bertz CT molecular complexity index is 263. The first-order valence-corrected chi connectivity index (χ1v) is 4.33. The summed E-state index contributed by atoms with van der Waals surface area (Å²) in [5.74, 6) is 3.42. The van der Waals surface area contributed by atoms with Crippen LogP contribution in [0.4, 0.5) is 0 Å². The van der Waals surface area contributed by atoms with Crippen molar-refractivity contribution in [3.63, 3.8) is 0 Å².